The average molecular weight is 255 g/mol. The van der Waals surface area contributed by atoms with Crippen molar-refractivity contribution < 1.29 is 9.90 Å². The molecule has 0 aliphatic carbocycles. The summed E-state index contributed by atoms with van der Waals surface area (Å²) in [6.07, 6.45) is 0. The van der Waals surface area contributed by atoms with Gasteiger partial charge >= 0.3 is 0 Å². The van der Waals surface area contributed by atoms with Crippen molar-refractivity contribution in [3.8, 4) is 0 Å². The van der Waals surface area contributed by atoms with Crippen LogP contribution in [0.1, 0.15) is 24.0 Å². The van der Waals surface area contributed by atoms with Crippen molar-refractivity contribution >= 4 is 11.6 Å². The lowest BCUT2D eigenvalue weighted by Crippen LogP contribution is -2.18. The molecular weight excluding hydrogens is 238 g/mol. The first-order valence-corrected chi connectivity index (χ1v) is 6.26. The zero-order valence-corrected chi connectivity index (χ0v) is 10.8. The van der Waals surface area contributed by atoms with E-state index in [2.05, 4.69) is 5.32 Å². The third-order valence-corrected chi connectivity index (χ3v) is 3.07. The molecule has 1 unspecified atom stereocenters. The van der Waals surface area contributed by atoms with Gasteiger partial charge in [-0.25, -0.2) is 0 Å². The highest BCUT2D eigenvalue weighted by molar-refractivity contribution is 5.95. The minimum atomic E-state index is -0.209. The highest BCUT2D eigenvalue weighted by Crippen LogP contribution is 2.18. The molecule has 1 atom stereocenters. The van der Waals surface area contributed by atoms with Gasteiger partial charge in [0.15, 0.2) is 0 Å². The smallest absolute Gasteiger partial charge is 0.231 e. The number of carbonyl (C=O) groups excluding carboxylic acids is 1. The van der Waals surface area contributed by atoms with Gasteiger partial charge in [0.05, 0.1) is 12.5 Å². The van der Waals surface area contributed by atoms with Gasteiger partial charge in [-0.15, -0.1) is 0 Å². The van der Waals surface area contributed by atoms with Crippen molar-refractivity contribution in [2.45, 2.75) is 19.4 Å². The SMILES string of the molecule is CC(C(=O)Nc1cccc(CO)c1)c1ccccc1. The number of benzene rings is 2. The molecule has 2 N–H and O–H groups in total. The molecule has 2 aromatic rings. The Labute approximate surface area is 112 Å². The Kier molecular flexibility index (Phi) is 4.31. The van der Waals surface area contributed by atoms with Crippen LogP contribution < -0.4 is 5.32 Å². The van der Waals surface area contributed by atoms with Crippen molar-refractivity contribution in [3.63, 3.8) is 0 Å². The predicted molar refractivity (Wildman–Crippen MR) is 75.9 cm³/mol. The van der Waals surface area contributed by atoms with E-state index in [1.807, 2.05) is 55.5 Å². The summed E-state index contributed by atoms with van der Waals surface area (Å²) in [5.74, 6) is -0.264. The number of anilines is 1. The van der Waals surface area contributed by atoms with Gasteiger partial charge in [0.25, 0.3) is 0 Å². The third kappa shape index (κ3) is 3.42. The van der Waals surface area contributed by atoms with E-state index in [-0.39, 0.29) is 18.4 Å². The van der Waals surface area contributed by atoms with Gasteiger partial charge in [-0.3, -0.25) is 4.79 Å². The van der Waals surface area contributed by atoms with Crippen molar-refractivity contribution in [1.29, 1.82) is 0 Å². The molecule has 0 heterocycles. The number of hydrogen-bond acceptors (Lipinski definition) is 2. The molecule has 3 heteroatoms. The lowest BCUT2D eigenvalue weighted by molar-refractivity contribution is -0.117. The van der Waals surface area contributed by atoms with Crippen LogP contribution in [-0.2, 0) is 11.4 Å². The minimum absolute atomic E-state index is 0.0298. The molecule has 2 rings (SSSR count). The zero-order chi connectivity index (χ0) is 13.7. The lowest BCUT2D eigenvalue weighted by atomic mass is 10.0. The highest BCUT2D eigenvalue weighted by atomic mass is 16.3. The molecule has 0 saturated carbocycles. The van der Waals surface area contributed by atoms with Crippen molar-refractivity contribution in [1.82, 2.24) is 0 Å². The van der Waals surface area contributed by atoms with Crippen LogP contribution >= 0.6 is 0 Å². The first-order valence-electron chi connectivity index (χ1n) is 6.26. The van der Waals surface area contributed by atoms with Crippen molar-refractivity contribution in [3.05, 3.63) is 65.7 Å². The van der Waals surface area contributed by atoms with E-state index < -0.39 is 0 Å². The van der Waals surface area contributed by atoms with Crippen LogP contribution in [0, 0.1) is 0 Å². The Morgan fingerprint density at radius 3 is 2.58 bits per heavy atom. The fraction of sp³-hybridized carbons (Fsp3) is 0.188. The second-order valence-electron chi connectivity index (χ2n) is 4.48. The Bertz CT molecular complexity index is 552. The summed E-state index contributed by atoms with van der Waals surface area (Å²) in [7, 11) is 0. The average Bonchev–Trinajstić information content (AvgIpc) is 2.47. The van der Waals surface area contributed by atoms with E-state index >= 15 is 0 Å². The first-order chi connectivity index (χ1) is 9.20. The van der Waals surface area contributed by atoms with Crippen molar-refractivity contribution in [2.75, 3.05) is 5.32 Å². The van der Waals surface area contributed by atoms with Gasteiger partial charge in [0.1, 0.15) is 0 Å². The number of amides is 1. The Morgan fingerprint density at radius 2 is 1.89 bits per heavy atom. The quantitative estimate of drug-likeness (QED) is 0.882. The van der Waals surface area contributed by atoms with Gasteiger partial charge in [0.2, 0.25) is 5.91 Å². The predicted octanol–water partition coefficient (Wildman–Crippen LogP) is 2.92. The van der Waals surface area contributed by atoms with E-state index in [0.717, 1.165) is 11.1 Å². The number of hydrogen-bond donors (Lipinski definition) is 2. The number of nitrogens with one attached hydrogen (secondary N) is 1. The molecule has 0 spiro atoms. The third-order valence-electron chi connectivity index (χ3n) is 3.07. The van der Waals surface area contributed by atoms with Gasteiger partial charge in [-0.1, -0.05) is 42.5 Å². The second kappa shape index (κ2) is 6.16. The van der Waals surface area contributed by atoms with Crippen molar-refractivity contribution in [2.24, 2.45) is 0 Å². The molecule has 0 aliphatic rings. The summed E-state index contributed by atoms with van der Waals surface area (Å²) >= 11 is 0. The molecule has 0 aliphatic heterocycles. The minimum Gasteiger partial charge on any atom is -0.392 e. The van der Waals surface area contributed by atoms with Crippen LogP contribution in [0.4, 0.5) is 5.69 Å². The van der Waals surface area contributed by atoms with E-state index in [4.69, 9.17) is 5.11 Å². The zero-order valence-electron chi connectivity index (χ0n) is 10.8. The molecule has 0 aromatic heterocycles. The van der Waals surface area contributed by atoms with E-state index in [9.17, 15) is 4.79 Å². The topological polar surface area (TPSA) is 49.3 Å². The van der Waals surface area contributed by atoms with Crippen LogP contribution in [0.25, 0.3) is 0 Å². The summed E-state index contributed by atoms with van der Waals surface area (Å²) in [6.45, 7) is 1.85. The van der Waals surface area contributed by atoms with E-state index in [1.165, 1.54) is 0 Å². The fourth-order valence-corrected chi connectivity index (χ4v) is 1.89. The molecular formula is C16H17NO2. The van der Waals surface area contributed by atoms with Gasteiger partial charge in [0, 0.05) is 5.69 Å². The Hall–Kier alpha value is -2.13. The summed E-state index contributed by atoms with van der Waals surface area (Å²) in [6, 6.07) is 16.9. The summed E-state index contributed by atoms with van der Waals surface area (Å²) in [4.78, 5) is 12.1. The van der Waals surface area contributed by atoms with E-state index in [1.54, 1.807) is 6.07 Å². The van der Waals surface area contributed by atoms with Crippen LogP contribution in [0.2, 0.25) is 0 Å². The standard InChI is InChI=1S/C16H17NO2/c1-12(14-7-3-2-4-8-14)16(19)17-15-9-5-6-13(10-15)11-18/h2-10,12,18H,11H2,1H3,(H,17,19). The van der Waals surface area contributed by atoms with Crippen LogP contribution in [0.5, 0.6) is 0 Å². The second-order valence-corrected chi connectivity index (χ2v) is 4.48. The summed E-state index contributed by atoms with van der Waals surface area (Å²) < 4.78 is 0. The number of rotatable bonds is 4. The summed E-state index contributed by atoms with van der Waals surface area (Å²) in [5.41, 5.74) is 2.47. The highest BCUT2D eigenvalue weighted by Gasteiger charge is 2.14. The molecule has 0 saturated heterocycles. The maximum Gasteiger partial charge on any atom is 0.231 e. The number of carbonyl (C=O) groups is 1. The van der Waals surface area contributed by atoms with Gasteiger partial charge < -0.3 is 10.4 Å². The Balaban J connectivity index is 2.08. The maximum absolute atomic E-state index is 12.1. The Morgan fingerprint density at radius 1 is 1.16 bits per heavy atom. The number of aliphatic hydroxyl groups is 1. The first kappa shape index (κ1) is 13.3. The monoisotopic (exact) mass is 255 g/mol. The molecule has 3 nitrogen and oxygen atoms in total. The van der Waals surface area contributed by atoms with Crippen LogP contribution in [-0.4, -0.2) is 11.0 Å². The van der Waals surface area contributed by atoms with E-state index in [0.29, 0.717) is 5.69 Å². The molecule has 0 fully saturated rings. The molecule has 2 aromatic carbocycles. The summed E-state index contributed by atoms with van der Waals surface area (Å²) in [5, 5.41) is 11.9. The van der Waals surface area contributed by atoms with Gasteiger partial charge in [-0.2, -0.15) is 0 Å². The van der Waals surface area contributed by atoms with Crippen LogP contribution in [0.15, 0.2) is 54.6 Å². The molecule has 0 radical (unpaired) electrons. The van der Waals surface area contributed by atoms with Gasteiger partial charge in [-0.05, 0) is 30.2 Å². The van der Waals surface area contributed by atoms with Crippen LogP contribution in [0.3, 0.4) is 0 Å². The largest absolute Gasteiger partial charge is 0.392 e. The number of aliphatic hydroxyl groups excluding tert-OH is 1. The normalized spacial score (nSPS) is 11.9. The fourth-order valence-electron chi connectivity index (χ4n) is 1.89. The molecule has 19 heavy (non-hydrogen) atoms. The molecule has 98 valence electrons. The molecule has 0 bridgehead atoms. The molecule has 1 amide bonds. The lowest BCUT2D eigenvalue weighted by Gasteiger charge is -2.13. The maximum atomic E-state index is 12.1.